The van der Waals surface area contributed by atoms with Crippen LogP contribution < -0.4 is 0 Å². The maximum atomic E-state index is 5.10. The van der Waals surface area contributed by atoms with Crippen molar-refractivity contribution in [3.63, 3.8) is 0 Å². The van der Waals surface area contributed by atoms with Crippen LogP contribution in [-0.4, -0.2) is 50.0 Å². The fourth-order valence-electron chi connectivity index (χ4n) is 2.24. The van der Waals surface area contributed by atoms with Crippen LogP contribution in [0.1, 0.15) is 23.0 Å². The third kappa shape index (κ3) is 3.68. The van der Waals surface area contributed by atoms with E-state index >= 15 is 0 Å². The number of ether oxygens (including phenoxy) is 1. The highest BCUT2D eigenvalue weighted by Gasteiger charge is 2.12. The molecule has 0 aliphatic rings. The molecule has 0 unspecified atom stereocenters. The van der Waals surface area contributed by atoms with Gasteiger partial charge >= 0.3 is 0 Å². The quantitative estimate of drug-likeness (QED) is 0.759. The zero-order chi connectivity index (χ0) is 15.4. The molecule has 7 heteroatoms. The van der Waals surface area contributed by atoms with E-state index in [1.807, 2.05) is 11.5 Å². The van der Waals surface area contributed by atoms with Gasteiger partial charge in [-0.3, -0.25) is 4.90 Å². The second kappa shape index (κ2) is 6.82. The molecular weight excluding hydrogens is 268 g/mol. The van der Waals surface area contributed by atoms with Gasteiger partial charge in [0.25, 0.3) is 0 Å². The second-order valence-corrected chi connectivity index (χ2v) is 5.36. The van der Waals surface area contributed by atoms with Crippen molar-refractivity contribution in [1.29, 1.82) is 0 Å². The molecule has 0 aliphatic carbocycles. The lowest BCUT2D eigenvalue weighted by atomic mass is 10.4. The SMILES string of the molecule is COCCn1cnnc1CN(C)Cc1nc(C)c(C)n1C. The van der Waals surface area contributed by atoms with E-state index in [4.69, 9.17) is 4.74 Å². The molecule has 7 nitrogen and oxygen atoms in total. The Morgan fingerprint density at radius 1 is 1.24 bits per heavy atom. The standard InChI is InChI=1S/C14H24N6O/c1-11-12(2)19(4)13(16-11)8-18(3)9-14-17-15-10-20(14)6-7-21-5/h10H,6-9H2,1-5H3. The Hall–Kier alpha value is -1.73. The highest BCUT2D eigenvalue weighted by molar-refractivity contribution is 5.13. The minimum atomic E-state index is 0.659. The topological polar surface area (TPSA) is 61.0 Å². The molecule has 0 spiro atoms. The lowest BCUT2D eigenvalue weighted by Gasteiger charge is -2.16. The number of nitrogens with zero attached hydrogens (tertiary/aromatic N) is 6. The first-order valence-corrected chi connectivity index (χ1v) is 7.06. The molecule has 0 bridgehead atoms. The summed E-state index contributed by atoms with van der Waals surface area (Å²) in [5.41, 5.74) is 2.30. The predicted molar refractivity (Wildman–Crippen MR) is 79.8 cm³/mol. The van der Waals surface area contributed by atoms with Crippen molar-refractivity contribution in [2.24, 2.45) is 7.05 Å². The van der Waals surface area contributed by atoms with Crippen molar-refractivity contribution in [2.45, 2.75) is 33.5 Å². The van der Waals surface area contributed by atoms with Crippen molar-refractivity contribution >= 4 is 0 Å². The van der Waals surface area contributed by atoms with Crippen LogP contribution in [0.3, 0.4) is 0 Å². The van der Waals surface area contributed by atoms with E-state index in [9.17, 15) is 0 Å². The molecule has 0 radical (unpaired) electrons. The lowest BCUT2D eigenvalue weighted by Crippen LogP contribution is -2.22. The van der Waals surface area contributed by atoms with Crippen molar-refractivity contribution in [2.75, 3.05) is 20.8 Å². The van der Waals surface area contributed by atoms with Crippen LogP contribution in [0, 0.1) is 13.8 Å². The minimum absolute atomic E-state index is 0.659. The number of hydrogen-bond donors (Lipinski definition) is 0. The average molecular weight is 292 g/mol. The number of rotatable bonds is 7. The normalized spacial score (nSPS) is 11.5. The Morgan fingerprint density at radius 2 is 1.95 bits per heavy atom. The van der Waals surface area contributed by atoms with Gasteiger partial charge in [-0.1, -0.05) is 0 Å². The summed E-state index contributed by atoms with van der Waals surface area (Å²) >= 11 is 0. The largest absolute Gasteiger partial charge is 0.383 e. The third-order valence-electron chi connectivity index (χ3n) is 3.77. The van der Waals surface area contributed by atoms with E-state index in [-0.39, 0.29) is 0 Å². The number of imidazole rings is 1. The first-order valence-electron chi connectivity index (χ1n) is 7.06. The summed E-state index contributed by atoms with van der Waals surface area (Å²) in [4.78, 5) is 6.80. The van der Waals surface area contributed by atoms with Crippen molar-refractivity contribution in [3.8, 4) is 0 Å². The molecule has 0 aromatic carbocycles. The highest BCUT2D eigenvalue weighted by atomic mass is 16.5. The smallest absolute Gasteiger partial charge is 0.147 e. The van der Waals surface area contributed by atoms with Gasteiger partial charge in [0.05, 0.1) is 25.4 Å². The van der Waals surface area contributed by atoms with Gasteiger partial charge in [0, 0.05) is 26.4 Å². The number of methoxy groups -OCH3 is 1. The molecular formula is C14H24N6O. The number of aryl methyl sites for hydroxylation is 1. The van der Waals surface area contributed by atoms with Crippen LogP contribution in [0.25, 0.3) is 0 Å². The van der Waals surface area contributed by atoms with Gasteiger partial charge in [-0.05, 0) is 20.9 Å². The van der Waals surface area contributed by atoms with E-state index < -0.39 is 0 Å². The first kappa shape index (κ1) is 15.7. The van der Waals surface area contributed by atoms with E-state index in [0.717, 1.165) is 37.0 Å². The maximum Gasteiger partial charge on any atom is 0.147 e. The summed E-state index contributed by atoms with van der Waals surface area (Å²) in [6.07, 6.45) is 1.75. The Morgan fingerprint density at radius 3 is 2.57 bits per heavy atom. The van der Waals surface area contributed by atoms with E-state index in [2.05, 4.69) is 45.7 Å². The van der Waals surface area contributed by atoms with Crippen molar-refractivity contribution in [1.82, 2.24) is 29.2 Å². The Labute approximate surface area is 125 Å². The van der Waals surface area contributed by atoms with Gasteiger partial charge in [0.15, 0.2) is 0 Å². The van der Waals surface area contributed by atoms with Gasteiger partial charge in [-0.25, -0.2) is 4.98 Å². The lowest BCUT2D eigenvalue weighted by molar-refractivity contribution is 0.184. The van der Waals surface area contributed by atoms with Crippen LogP contribution in [-0.2, 0) is 31.4 Å². The molecule has 2 rings (SSSR count). The number of aromatic nitrogens is 5. The van der Waals surface area contributed by atoms with E-state index in [0.29, 0.717) is 6.61 Å². The summed E-state index contributed by atoms with van der Waals surface area (Å²) in [5, 5.41) is 8.17. The Balaban J connectivity index is 2.00. The molecule has 2 aromatic heterocycles. The highest BCUT2D eigenvalue weighted by Crippen LogP contribution is 2.11. The zero-order valence-electron chi connectivity index (χ0n) is 13.5. The fraction of sp³-hybridized carbons (Fsp3) is 0.643. The van der Waals surface area contributed by atoms with Gasteiger partial charge in [0.1, 0.15) is 18.0 Å². The summed E-state index contributed by atoms with van der Waals surface area (Å²) < 4.78 is 9.26. The summed E-state index contributed by atoms with van der Waals surface area (Å²) in [6.45, 7) is 7.07. The molecule has 0 fully saturated rings. The van der Waals surface area contributed by atoms with Crippen molar-refractivity contribution in [3.05, 3.63) is 29.4 Å². The Bertz CT molecular complexity index is 588. The van der Waals surface area contributed by atoms with Crippen LogP contribution in [0.2, 0.25) is 0 Å². The second-order valence-electron chi connectivity index (χ2n) is 5.36. The molecule has 2 heterocycles. The average Bonchev–Trinajstić information content (AvgIpc) is 2.97. The maximum absolute atomic E-state index is 5.10. The summed E-state index contributed by atoms with van der Waals surface area (Å²) in [7, 11) is 5.82. The van der Waals surface area contributed by atoms with Gasteiger partial charge in [-0.2, -0.15) is 0 Å². The minimum Gasteiger partial charge on any atom is -0.383 e. The molecule has 0 saturated carbocycles. The molecule has 0 amide bonds. The summed E-state index contributed by atoms with van der Waals surface area (Å²) in [6, 6.07) is 0. The summed E-state index contributed by atoms with van der Waals surface area (Å²) in [5.74, 6) is 2.01. The molecule has 0 aliphatic heterocycles. The molecule has 0 saturated heterocycles. The molecule has 0 N–H and O–H groups in total. The third-order valence-corrected chi connectivity index (χ3v) is 3.77. The monoisotopic (exact) mass is 292 g/mol. The van der Waals surface area contributed by atoms with Crippen LogP contribution >= 0.6 is 0 Å². The molecule has 0 atom stereocenters. The number of hydrogen-bond acceptors (Lipinski definition) is 5. The Kier molecular flexibility index (Phi) is 5.08. The van der Waals surface area contributed by atoms with Crippen LogP contribution in [0.5, 0.6) is 0 Å². The zero-order valence-corrected chi connectivity index (χ0v) is 13.5. The van der Waals surface area contributed by atoms with Gasteiger partial charge < -0.3 is 13.9 Å². The molecule has 116 valence electrons. The van der Waals surface area contributed by atoms with E-state index in [1.54, 1.807) is 13.4 Å². The first-order chi connectivity index (χ1) is 10.0. The van der Waals surface area contributed by atoms with Gasteiger partial charge in [0.2, 0.25) is 0 Å². The van der Waals surface area contributed by atoms with Crippen molar-refractivity contribution < 1.29 is 4.74 Å². The molecule has 21 heavy (non-hydrogen) atoms. The predicted octanol–water partition coefficient (Wildman–Crippen LogP) is 0.907. The fourth-order valence-corrected chi connectivity index (χ4v) is 2.24. The van der Waals surface area contributed by atoms with Gasteiger partial charge in [-0.15, -0.1) is 10.2 Å². The van der Waals surface area contributed by atoms with Crippen LogP contribution in [0.15, 0.2) is 6.33 Å². The van der Waals surface area contributed by atoms with Crippen LogP contribution in [0.4, 0.5) is 0 Å². The molecule has 2 aromatic rings. The van der Waals surface area contributed by atoms with E-state index in [1.165, 1.54) is 5.69 Å².